The van der Waals surface area contributed by atoms with Crippen molar-refractivity contribution in [3.63, 3.8) is 0 Å². The molecule has 0 saturated carbocycles. The molecule has 0 rings (SSSR count). The number of thioether (sulfide) groups is 1. The van der Waals surface area contributed by atoms with Crippen molar-refractivity contribution < 1.29 is 14.3 Å². The Labute approximate surface area is 126 Å². The van der Waals surface area contributed by atoms with Crippen LogP contribution in [-0.4, -0.2) is 53.0 Å². The summed E-state index contributed by atoms with van der Waals surface area (Å²) < 4.78 is 4.83. The van der Waals surface area contributed by atoms with Gasteiger partial charge in [-0.15, -0.1) is 0 Å². The van der Waals surface area contributed by atoms with E-state index in [1.54, 1.807) is 6.92 Å². The number of carbonyl (C=O) groups is 2. The minimum Gasteiger partial charge on any atom is -0.465 e. The van der Waals surface area contributed by atoms with Crippen LogP contribution in [0.1, 0.15) is 41.0 Å². The zero-order chi connectivity index (χ0) is 15.7. The van der Waals surface area contributed by atoms with E-state index in [1.165, 1.54) is 11.8 Å². The van der Waals surface area contributed by atoms with E-state index < -0.39 is 6.04 Å². The number of nitrogens with two attached hydrogens (primary N) is 1. The Bertz CT molecular complexity index is 301. The lowest BCUT2D eigenvalue weighted by molar-refractivity contribution is -0.144. The van der Waals surface area contributed by atoms with Gasteiger partial charge >= 0.3 is 5.97 Å². The first-order valence-electron chi connectivity index (χ1n) is 7.12. The summed E-state index contributed by atoms with van der Waals surface area (Å²) in [6.45, 7) is 10.2. The molecule has 0 heterocycles. The van der Waals surface area contributed by atoms with Crippen molar-refractivity contribution >= 4 is 23.6 Å². The topological polar surface area (TPSA) is 72.6 Å². The number of ether oxygens (including phenoxy) is 1. The number of amides is 1. The van der Waals surface area contributed by atoms with Crippen LogP contribution in [0.2, 0.25) is 0 Å². The van der Waals surface area contributed by atoms with Gasteiger partial charge in [0.2, 0.25) is 5.91 Å². The SMILES string of the molecule is CCOC(=O)C(N)CCSCC(=O)N(C(C)C)C(C)C. The molecule has 0 aromatic rings. The van der Waals surface area contributed by atoms with Gasteiger partial charge in [0.05, 0.1) is 12.4 Å². The van der Waals surface area contributed by atoms with E-state index in [4.69, 9.17) is 10.5 Å². The molecule has 5 nitrogen and oxygen atoms in total. The van der Waals surface area contributed by atoms with E-state index in [0.29, 0.717) is 24.5 Å². The molecule has 2 N–H and O–H groups in total. The molecule has 1 atom stereocenters. The normalized spacial score (nSPS) is 12.6. The van der Waals surface area contributed by atoms with Crippen molar-refractivity contribution in [1.29, 1.82) is 0 Å². The quantitative estimate of drug-likeness (QED) is 0.518. The Morgan fingerprint density at radius 1 is 1.20 bits per heavy atom. The Kier molecular flexibility index (Phi) is 9.67. The van der Waals surface area contributed by atoms with E-state index in [9.17, 15) is 9.59 Å². The van der Waals surface area contributed by atoms with Gasteiger partial charge < -0.3 is 15.4 Å². The van der Waals surface area contributed by atoms with E-state index in [0.717, 1.165) is 0 Å². The maximum atomic E-state index is 12.1. The zero-order valence-electron chi connectivity index (χ0n) is 13.2. The molecular weight excluding hydrogens is 276 g/mol. The van der Waals surface area contributed by atoms with Crippen LogP contribution in [0.25, 0.3) is 0 Å². The van der Waals surface area contributed by atoms with Gasteiger partial charge in [-0.25, -0.2) is 0 Å². The summed E-state index contributed by atoms with van der Waals surface area (Å²) in [5, 5.41) is 0. The van der Waals surface area contributed by atoms with Crippen LogP contribution < -0.4 is 5.73 Å². The Morgan fingerprint density at radius 2 is 1.75 bits per heavy atom. The highest BCUT2D eigenvalue weighted by atomic mass is 32.2. The number of carbonyl (C=O) groups excluding carboxylic acids is 2. The van der Waals surface area contributed by atoms with Crippen LogP contribution in [-0.2, 0) is 14.3 Å². The molecule has 0 aliphatic heterocycles. The first-order valence-corrected chi connectivity index (χ1v) is 8.27. The smallest absolute Gasteiger partial charge is 0.322 e. The summed E-state index contributed by atoms with van der Waals surface area (Å²) in [5.41, 5.74) is 5.69. The summed E-state index contributed by atoms with van der Waals surface area (Å²) >= 11 is 1.51. The minimum atomic E-state index is -0.594. The first kappa shape index (κ1) is 19.2. The third-order valence-corrected chi connectivity index (χ3v) is 3.76. The third kappa shape index (κ3) is 7.14. The van der Waals surface area contributed by atoms with E-state index >= 15 is 0 Å². The molecular formula is C14H28N2O3S. The molecule has 0 saturated heterocycles. The van der Waals surface area contributed by atoms with Crippen LogP contribution in [0.4, 0.5) is 0 Å². The van der Waals surface area contributed by atoms with Crippen LogP contribution in [0.15, 0.2) is 0 Å². The van der Waals surface area contributed by atoms with Crippen molar-refractivity contribution in [1.82, 2.24) is 4.90 Å². The Morgan fingerprint density at radius 3 is 2.20 bits per heavy atom. The van der Waals surface area contributed by atoms with E-state index in [2.05, 4.69) is 0 Å². The fourth-order valence-electron chi connectivity index (χ4n) is 1.98. The maximum absolute atomic E-state index is 12.1. The van der Waals surface area contributed by atoms with E-state index in [1.807, 2.05) is 32.6 Å². The Hall–Kier alpha value is -0.750. The lowest BCUT2D eigenvalue weighted by Gasteiger charge is -2.30. The highest BCUT2D eigenvalue weighted by Crippen LogP contribution is 2.11. The zero-order valence-corrected chi connectivity index (χ0v) is 14.0. The standard InChI is InChI=1S/C14H28N2O3S/c1-6-19-14(18)12(15)7-8-20-9-13(17)16(10(2)3)11(4)5/h10-12H,6-9,15H2,1-5H3. The second-order valence-electron chi connectivity index (χ2n) is 5.19. The molecule has 118 valence electrons. The predicted octanol–water partition coefficient (Wildman–Crippen LogP) is 1.65. The van der Waals surface area contributed by atoms with Gasteiger partial charge in [0.25, 0.3) is 0 Å². The van der Waals surface area contributed by atoms with Crippen LogP contribution >= 0.6 is 11.8 Å². The average Bonchev–Trinajstić information content (AvgIpc) is 2.33. The number of nitrogens with zero attached hydrogens (tertiary/aromatic N) is 1. The molecule has 0 bridgehead atoms. The fourth-order valence-corrected chi connectivity index (χ4v) is 2.87. The van der Waals surface area contributed by atoms with Crippen molar-refractivity contribution in [2.75, 3.05) is 18.1 Å². The molecule has 0 aromatic heterocycles. The molecule has 20 heavy (non-hydrogen) atoms. The molecule has 1 amide bonds. The van der Waals surface area contributed by atoms with Gasteiger partial charge in [-0.2, -0.15) is 11.8 Å². The van der Waals surface area contributed by atoms with Gasteiger partial charge in [0, 0.05) is 12.1 Å². The highest BCUT2D eigenvalue weighted by molar-refractivity contribution is 7.99. The van der Waals surface area contributed by atoms with Crippen LogP contribution in [0, 0.1) is 0 Å². The second kappa shape index (κ2) is 10.0. The highest BCUT2D eigenvalue weighted by Gasteiger charge is 2.20. The van der Waals surface area contributed by atoms with Gasteiger partial charge in [-0.05, 0) is 46.8 Å². The molecule has 0 radical (unpaired) electrons. The lowest BCUT2D eigenvalue weighted by Crippen LogP contribution is -2.43. The monoisotopic (exact) mass is 304 g/mol. The summed E-state index contributed by atoms with van der Waals surface area (Å²) in [6, 6.07) is -0.196. The lowest BCUT2D eigenvalue weighted by atomic mass is 10.2. The molecule has 0 spiro atoms. The summed E-state index contributed by atoms with van der Waals surface area (Å²) in [6.07, 6.45) is 0.528. The molecule has 0 aliphatic rings. The van der Waals surface area contributed by atoms with Gasteiger partial charge in [0.15, 0.2) is 0 Å². The molecule has 0 fully saturated rings. The second-order valence-corrected chi connectivity index (χ2v) is 6.29. The molecule has 0 aliphatic carbocycles. The summed E-state index contributed by atoms with van der Waals surface area (Å²) in [5.74, 6) is 0.858. The third-order valence-electron chi connectivity index (χ3n) is 2.79. The van der Waals surface area contributed by atoms with Crippen molar-refractivity contribution in [3.05, 3.63) is 0 Å². The summed E-state index contributed by atoms with van der Waals surface area (Å²) in [7, 11) is 0. The first-order chi connectivity index (χ1) is 9.31. The predicted molar refractivity (Wildman–Crippen MR) is 83.7 cm³/mol. The number of hydrogen-bond donors (Lipinski definition) is 1. The average molecular weight is 304 g/mol. The van der Waals surface area contributed by atoms with Crippen molar-refractivity contribution in [2.45, 2.75) is 59.2 Å². The fraction of sp³-hybridized carbons (Fsp3) is 0.857. The van der Waals surface area contributed by atoms with Gasteiger partial charge in [-0.1, -0.05) is 0 Å². The largest absolute Gasteiger partial charge is 0.465 e. The van der Waals surface area contributed by atoms with Gasteiger partial charge in [-0.3, -0.25) is 9.59 Å². The van der Waals surface area contributed by atoms with Crippen molar-refractivity contribution in [2.24, 2.45) is 5.73 Å². The van der Waals surface area contributed by atoms with Gasteiger partial charge in [0.1, 0.15) is 6.04 Å². The number of esters is 1. The molecule has 0 aromatic carbocycles. The van der Waals surface area contributed by atoms with E-state index in [-0.39, 0.29) is 24.0 Å². The number of hydrogen-bond acceptors (Lipinski definition) is 5. The summed E-state index contributed by atoms with van der Waals surface area (Å²) in [4.78, 5) is 25.3. The maximum Gasteiger partial charge on any atom is 0.322 e. The minimum absolute atomic E-state index is 0.129. The molecule has 1 unspecified atom stereocenters. The molecule has 6 heteroatoms. The number of rotatable bonds is 9. The van der Waals surface area contributed by atoms with Crippen molar-refractivity contribution in [3.8, 4) is 0 Å². The van der Waals surface area contributed by atoms with Crippen LogP contribution in [0.3, 0.4) is 0 Å². The Balaban J connectivity index is 4.00. The van der Waals surface area contributed by atoms with Crippen LogP contribution in [0.5, 0.6) is 0 Å².